The third kappa shape index (κ3) is 2.95. The molecule has 0 fully saturated rings. The first-order valence-corrected chi connectivity index (χ1v) is 4.98. The van der Waals surface area contributed by atoms with Crippen LogP contribution in [-0.4, -0.2) is 10.9 Å². The summed E-state index contributed by atoms with van der Waals surface area (Å²) < 4.78 is 0. The molecule has 0 atom stereocenters. The first-order chi connectivity index (χ1) is 7.69. The lowest BCUT2D eigenvalue weighted by Gasteiger charge is -2.01. The fourth-order valence-corrected chi connectivity index (χ4v) is 1.29. The van der Waals surface area contributed by atoms with Crippen molar-refractivity contribution in [2.24, 2.45) is 0 Å². The van der Waals surface area contributed by atoms with Gasteiger partial charge < -0.3 is 5.11 Å². The minimum Gasteiger partial charge on any atom is -0.508 e. The van der Waals surface area contributed by atoms with Crippen molar-refractivity contribution in [2.45, 2.75) is 6.92 Å². The SMILES string of the molecule is C=C/C=C(\C=C/C)C(=O)c1ccc(O)cc1. The highest BCUT2D eigenvalue weighted by Crippen LogP contribution is 2.14. The number of carbonyl (C=O) groups is 1. The molecule has 2 heteroatoms. The van der Waals surface area contributed by atoms with Gasteiger partial charge in [-0.3, -0.25) is 4.79 Å². The van der Waals surface area contributed by atoms with Gasteiger partial charge in [-0.25, -0.2) is 0 Å². The summed E-state index contributed by atoms with van der Waals surface area (Å²) in [6, 6.07) is 6.18. The first kappa shape index (κ1) is 12.0. The van der Waals surface area contributed by atoms with Crippen molar-refractivity contribution < 1.29 is 9.90 Å². The molecule has 1 rings (SSSR count). The van der Waals surface area contributed by atoms with Crippen LogP contribution in [0, 0.1) is 0 Å². The summed E-state index contributed by atoms with van der Waals surface area (Å²) in [5, 5.41) is 9.13. The van der Waals surface area contributed by atoms with E-state index in [1.165, 1.54) is 12.1 Å². The molecular formula is C14H14O2. The second-order valence-corrected chi connectivity index (χ2v) is 3.23. The van der Waals surface area contributed by atoms with Crippen LogP contribution in [0.5, 0.6) is 5.75 Å². The summed E-state index contributed by atoms with van der Waals surface area (Å²) in [5.74, 6) is 0.0647. The standard InChI is InChI=1S/C14H14O2/c1-3-5-11(6-4-2)14(16)12-7-9-13(15)10-8-12/h3-10,15H,1H2,2H3/b6-4-,11-5+. The van der Waals surface area contributed by atoms with Gasteiger partial charge in [-0.1, -0.05) is 30.9 Å². The molecule has 2 nitrogen and oxygen atoms in total. The van der Waals surface area contributed by atoms with E-state index in [4.69, 9.17) is 5.11 Å². The van der Waals surface area contributed by atoms with Gasteiger partial charge in [0.15, 0.2) is 5.78 Å². The Morgan fingerprint density at radius 2 is 1.94 bits per heavy atom. The molecule has 0 aliphatic rings. The largest absolute Gasteiger partial charge is 0.508 e. The third-order valence-corrected chi connectivity index (χ3v) is 2.04. The zero-order chi connectivity index (χ0) is 12.0. The van der Waals surface area contributed by atoms with E-state index in [0.717, 1.165) is 0 Å². The smallest absolute Gasteiger partial charge is 0.193 e. The van der Waals surface area contributed by atoms with Gasteiger partial charge in [-0.05, 0) is 31.2 Å². The summed E-state index contributed by atoms with van der Waals surface area (Å²) in [6.07, 6.45) is 6.77. The van der Waals surface area contributed by atoms with Crippen molar-refractivity contribution >= 4 is 5.78 Å². The molecular weight excluding hydrogens is 200 g/mol. The Kier molecular flexibility index (Phi) is 4.28. The number of rotatable bonds is 4. The van der Waals surface area contributed by atoms with E-state index in [-0.39, 0.29) is 11.5 Å². The van der Waals surface area contributed by atoms with Crippen LogP contribution in [0.15, 0.2) is 60.7 Å². The van der Waals surface area contributed by atoms with Gasteiger partial charge in [-0.2, -0.15) is 0 Å². The molecule has 0 saturated heterocycles. The van der Waals surface area contributed by atoms with Crippen LogP contribution in [0.4, 0.5) is 0 Å². The molecule has 0 amide bonds. The van der Waals surface area contributed by atoms with Crippen LogP contribution < -0.4 is 0 Å². The number of benzene rings is 1. The summed E-state index contributed by atoms with van der Waals surface area (Å²) in [4.78, 5) is 12.0. The van der Waals surface area contributed by atoms with E-state index in [0.29, 0.717) is 11.1 Å². The third-order valence-electron chi connectivity index (χ3n) is 2.04. The Hall–Kier alpha value is -2.09. The number of phenols is 1. The Morgan fingerprint density at radius 3 is 2.44 bits per heavy atom. The van der Waals surface area contributed by atoms with Gasteiger partial charge in [0, 0.05) is 11.1 Å². The average molecular weight is 214 g/mol. The van der Waals surface area contributed by atoms with E-state index in [9.17, 15) is 4.79 Å². The topological polar surface area (TPSA) is 37.3 Å². The molecule has 0 bridgehead atoms. The lowest BCUT2D eigenvalue weighted by atomic mass is 10.0. The van der Waals surface area contributed by atoms with Crippen LogP contribution in [0.3, 0.4) is 0 Å². The van der Waals surface area contributed by atoms with Crippen molar-refractivity contribution in [3.63, 3.8) is 0 Å². The predicted molar refractivity (Wildman–Crippen MR) is 65.5 cm³/mol. The Balaban J connectivity index is 3.04. The number of hydrogen-bond donors (Lipinski definition) is 1. The highest BCUT2D eigenvalue weighted by molar-refractivity contribution is 6.10. The van der Waals surface area contributed by atoms with Gasteiger partial charge in [0.25, 0.3) is 0 Å². The van der Waals surface area contributed by atoms with Gasteiger partial charge in [0.1, 0.15) is 5.75 Å². The molecule has 16 heavy (non-hydrogen) atoms. The van der Waals surface area contributed by atoms with Crippen molar-refractivity contribution in [1.82, 2.24) is 0 Å². The van der Waals surface area contributed by atoms with Gasteiger partial charge in [0.05, 0.1) is 0 Å². The summed E-state index contributed by atoms with van der Waals surface area (Å²) in [6.45, 7) is 5.42. The highest BCUT2D eigenvalue weighted by atomic mass is 16.3. The zero-order valence-corrected chi connectivity index (χ0v) is 9.18. The maximum Gasteiger partial charge on any atom is 0.193 e. The number of allylic oxidation sites excluding steroid dienone is 5. The number of ketones is 1. The summed E-state index contributed by atoms with van der Waals surface area (Å²) in [7, 11) is 0. The second-order valence-electron chi connectivity index (χ2n) is 3.23. The number of phenolic OH excluding ortho intramolecular Hbond substituents is 1. The minimum absolute atomic E-state index is 0.0852. The molecule has 0 aliphatic heterocycles. The van der Waals surface area contributed by atoms with E-state index < -0.39 is 0 Å². The van der Waals surface area contributed by atoms with Gasteiger partial charge in [0.2, 0.25) is 0 Å². The van der Waals surface area contributed by atoms with Crippen molar-refractivity contribution in [1.29, 1.82) is 0 Å². The zero-order valence-electron chi connectivity index (χ0n) is 9.18. The Bertz CT molecular complexity index is 436. The second kappa shape index (κ2) is 5.71. The molecule has 0 saturated carbocycles. The van der Waals surface area contributed by atoms with Crippen LogP contribution in [-0.2, 0) is 0 Å². The van der Waals surface area contributed by atoms with E-state index in [1.807, 2.05) is 6.92 Å². The fraction of sp³-hybridized carbons (Fsp3) is 0.0714. The lowest BCUT2D eigenvalue weighted by Crippen LogP contribution is -2.00. The first-order valence-electron chi connectivity index (χ1n) is 4.98. The molecule has 0 spiro atoms. The van der Waals surface area contributed by atoms with Crippen molar-refractivity contribution in [3.8, 4) is 5.75 Å². The molecule has 82 valence electrons. The molecule has 0 radical (unpaired) electrons. The monoisotopic (exact) mass is 214 g/mol. The average Bonchev–Trinajstić information content (AvgIpc) is 2.29. The Morgan fingerprint density at radius 1 is 1.31 bits per heavy atom. The van der Waals surface area contributed by atoms with Crippen molar-refractivity contribution in [3.05, 3.63) is 66.3 Å². The molecule has 1 aromatic carbocycles. The highest BCUT2D eigenvalue weighted by Gasteiger charge is 2.08. The van der Waals surface area contributed by atoms with Crippen LogP contribution >= 0.6 is 0 Å². The maximum absolute atomic E-state index is 12.0. The number of carbonyl (C=O) groups excluding carboxylic acids is 1. The Labute approximate surface area is 95.2 Å². The number of aromatic hydroxyl groups is 1. The molecule has 0 heterocycles. The summed E-state index contributed by atoms with van der Waals surface area (Å²) in [5.41, 5.74) is 1.12. The number of hydrogen-bond acceptors (Lipinski definition) is 2. The normalized spacial score (nSPS) is 11.7. The van der Waals surface area contributed by atoms with E-state index >= 15 is 0 Å². The van der Waals surface area contributed by atoms with Crippen molar-refractivity contribution in [2.75, 3.05) is 0 Å². The van der Waals surface area contributed by atoms with E-state index in [2.05, 4.69) is 6.58 Å². The summed E-state index contributed by atoms with van der Waals surface area (Å²) >= 11 is 0. The van der Waals surface area contributed by atoms with Gasteiger partial charge in [-0.15, -0.1) is 0 Å². The van der Waals surface area contributed by atoms with Gasteiger partial charge >= 0.3 is 0 Å². The quantitative estimate of drug-likeness (QED) is 0.474. The molecule has 0 aromatic heterocycles. The predicted octanol–water partition coefficient (Wildman–Crippen LogP) is 3.26. The molecule has 1 aromatic rings. The molecule has 0 aliphatic carbocycles. The fourth-order valence-electron chi connectivity index (χ4n) is 1.29. The van der Waals surface area contributed by atoms with E-state index in [1.54, 1.807) is 36.4 Å². The van der Waals surface area contributed by atoms with Crippen LogP contribution in [0.25, 0.3) is 0 Å². The molecule has 1 N–H and O–H groups in total. The maximum atomic E-state index is 12.0. The van der Waals surface area contributed by atoms with Crippen LogP contribution in [0.1, 0.15) is 17.3 Å². The number of Topliss-reactive ketones (excluding diaryl/α,β-unsaturated/α-hetero) is 1. The lowest BCUT2D eigenvalue weighted by molar-refractivity contribution is 0.103. The molecule has 0 unspecified atom stereocenters. The minimum atomic E-state index is -0.0852. The van der Waals surface area contributed by atoms with Crippen LogP contribution in [0.2, 0.25) is 0 Å².